The highest BCUT2D eigenvalue weighted by atomic mass is 32.2. The zero-order valence-corrected chi connectivity index (χ0v) is 11.5. The van der Waals surface area contributed by atoms with Crippen LogP contribution in [0.3, 0.4) is 0 Å². The zero-order valence-electron chi connectivity index (χ0n) is 10.7. The summed E-state index contributed by atoms with van der Waals surface area (Å²) in [5, 5.41) is 11.9. The number of hydrogen-bond donors (Lipinski definition) is 2. The van der Waals surface area contributed by atoms with E-state index in [4.69, 9.17) is 5.11 Å². The molecule has 0 amide bonds. The average molecular weight is 293 g/mol. The molecule has 0 saturated carbocycles. The summed E-state index contributed by atoms with van der Waals surface area (Å²) in [7, 11) is -4.64. The van der Waals surface area contributed by atoms with Crippen LogP contribution >= 0.6 is 0 Å². The monoisotopic (exact) mass is 293 g/mol. The number of nitrogens with one attached hydrogen (secondary N) is 1. The summed E-state index contributed by atoms with van der Waals surface area (Å²) in [6.07, 6.45) is 0. The van der Waals surface area contributed by atoms with Crippen molar-refractivity contribution in [3.05, 3.63) is 24.3 Å². The Balaban J connectivity index is 3.11. The van der Waals surface area contributed by atoms with E-state index < -0.39 is 20.5 Å². The van der Waals surface area contributed by atoms with Crippen molar-refractivity contribution < 1.29 is 22.3 Å². The number of halogens is 2. The molecule has 1 aromatic rings. The highest BCUT2D eigenvalue weighted by molar-refractivity contribution is 7.91. The summed E-state index contributed by atoms with van der Waals surface area (Å²) in [6, 6.07) is 5.26. The summed E-state index contributed by atoms with van der Waals surface area (Å²) >= 11 is 0. The SMILES string of the molecule is CC(CO)C(C)Nc1ccccc1S(=O)(=O)C(F)F. The second-order valence-corrected chi connectivity index (χ2v) is 6.28. The minimum atomic E-state index is -4.64. The van der Waals surface area contributed by atoms with Crippen LogP contribution in [0.2, 0.25) is 0 Å². The van der Waals surface area contributed by atoms with Crippen molar-refractivity contribution in [1.82, 2.24) is 0 Å². The predicted octanol–water partition coefficient (Wildman–Crippen LogP) is 2.11. The highest BCUT2D eigenvalue weighted by Crippen LogP contribution is 2.27. The second-order valence-electron chi connectivity index (χ2n) is 4.39. The van der Waals surface area contributed by atoms with Crippen LogP contribution in [0.5, 0.6) is 0 Å². The lowest BCUT2D eigenvalue weighted by molar-refractivity contribution is 0.226. The first-order valence-corrected chi connectivity index (χ1v) is 7.33. The van der Waals surface area contributed by atoms with Gasteiger partial charge in [0.25, 0.3) is 0 Å². The van der Waals surface area contributed by atoms with Gasteiger partial charge in [-0.3, -0.25) is 0 Å². The van der Waals surface area contributed by atoms with Crippen LogP contribution in [0.25, 0.3) is 0 Å². The van der Waals surface area contributed by atoms with E-state index >= 15 is 0 Å². The number of rotatable bonds is 6. The van der Waals surface area contributed by atoms with Crippen molar-refractivity contribution >= 4 is 15.5 Å². The van der Waals surface area contributed by atoms with Crippen LogP contribution < -0.4 is 5.32 Å². The largest absolute Gasteiger partial charge is 0.396 e. The molecular formula is C12H17F2NO3S. The lowest BCUT2D eigenvalue weighted by Gasteiger charge is -2.22. The summed E-state index contributed by atoms with van der Waals surface area (Å²) in [4.78, 5) is -0.429. The molecule has 0 heterocycles. The number of alkyl halides is 2. The van der Waals surface area contributed by atoms with E-state index in [1.54, 1.807) is 19.9 Å². The molecule has 0 radical (unpaired) electrons. The van der Waals surface area contributed by atoms with Gasteiger partial charge >= 0.3 is 5.76 Å². The van der Waals surface area contributed by atoms with E-state index in [2.05, 4.69) is 5.32 Å². The molecule has 2 N–H and O–H groups in total. The number of benzene rings is 1. The second kappa shape index (κ2) is 6.29. The molecule has 0 aliphatic rings. The number of sulfone groups is 1. The van der Waals surface area contributed by atoms with Gasteiger partial charge < -0.3 is 10.4 Å². The van der Waals surface area contributed by atoms with Crippen LogP contribution in [0.4, 0.5) is 14.5 Å². The fourth-order valence-corrected chi connectivity index (χ4v) is 2.37. The quantitative estimate of drug-likeness (QED) is 0.843. The Morgan fingerprint density at radius 2 is 1.84 bits per heavy atom. The van der Waals surface area contributed by atoms with Gasteiger partial charge in [0.15, 0.2) is 0 Å². The third kappa shape index (κ3) is 3.63. The van der Waals surface area contributed by atoms with Gasteiger partial charge in [0.1, 0.15) is 0 Å². The maximum absolute atomic E-state index is 12.6. The van der Waals surface area contributed by atoms with Gasteiger partial charge in [0.2, 0.25) is 9.84 Å². The maximum Gasteiger partial charge on any atom is 0.341 e. The number of aliphatic hydroxyl groups excluding tert-OH is 1. The van der Waals surface area contributed by atoms with Crippen LogP contribution in [0.1, 0.15) is 13.8 Å². The molecule has 7 heteroatoms. The molecule has 0 saturated heterocycles. The molecule has 2 atom stereocenters. The molecule has 0 fully saturated rings. The van der Waals surface area contributed by atoms with E-state index in [0.29, 0.717) is 0 Å². The molecule has 108 valence electrons. The van der Waals surface area contributed by atoms with Crippen molar-refractivity contribution in [3.8, 4) is 0 Å². The number of hydrogen-bond acceptors (Lipinski definition) is 4. The Hall–Kier alpha value is -1.21. The molecule has 0 aromatic heterocycles. The molecule has 4 nitrogen and oxygen atoms in total. The third-order valence-electron chi connectivity index (χ3n) is 2.95. The van der Waals surface area contributed by atoms with Gasteiger partial charge in [-0.1, -0.05) is 19.1 Å². The van der Waals surface area contributed by atoms with Crippen LogP contribution in [-0.4, -0.2) is 31.9 Å². The standard InChI is InChI=1S/C12H17F2NO3S/c1-8(7-16)9(2)15-10-5-3-4-6-11(10)19(17,18)12(13)14/h3-6,8-9,12,15-16H,7H2,1-2H3. The van der Waals surface area contributed by atoms with Crippen molar-refractivity contribution in [2.75, 3.05) is 11.9 Å². The first kappa shape index (κ1) is 15.8. The van der Waals surface area contributed by atoms with E-state index in [1.165, 1.54) is 12.1 Å². The predicted molar refractivity (Wildman–Crippen MR) is 69.0 cm³/mol. The van der Waals surface area contributed by atoms with Gasteiger partial charge in [-0.05, 0) is 25.0 Å². The Bertz CT molecular complexity index is 519. The summed E-state index contributed by atoms with van der Waals surface area (Å²) in [6.45, 7) is 3.42. The lowest BCUT2D eigenvalue weighted by atomic mass is 10.0. The summed E-state index contributed by atoms with van der Waals surface area (Å²) < 4.78 is 48.2. The molecule has 0 aliphatic carbocycles. The van der Waals surface area contributed by atoms with Gasteiger partial charge in [-0.2, -0.15) is 8.78 Å². The minimum Gasteiger partial charge on any atom is -0.396 e. The van der Waals surface area contributed by atoms with Crippen molar-refractivity contribution in [2.45, 2.75) is 30.5 Å². The fraction of sp³-hybridized carbons (Fsp3) is 0.500. The number of aliphatic hydroxyl groups is 1. The minimum absolute atomic E-state index is 0.0854. The number of para-hydroxylation sites is 1. The highest BCUT2D eigenvalue weighted by Gasteiger charge is 2.29. The molecular weight excluding hydrogens is 276 g/mol. The average Bonchev–Trinajstić information content (AvgIpc) is 2.37. The zero-order chi connectivity index (χ0) is 14.6. The molecule has 1 rings (SSSR count). The Morgan fingerprint density at radius 3 is 2.37 bits per heavy atom. The van der Waals surface area contributed by atoms with Crippen molar-refractivity contribution in [3.63, 3.8) is 0 Å². The third-order valence-corrected chi connectivity index (χ3v) is 4.39. The maximum atomic E-state index is 12.6. The smallest absolute Gasteiger partial charge is 0.341 e. The van der Waals surface area contributed by atoms with Crippen LogP contribution in [0.15, 0.2) is 29.2 Å². The normalized spacial score (nSPS) is 15.3. The van der Waals surface area contributed by atoms with Crippen molar-refractivity contribution in [1.29, 1.82) is 0 Å². The Labute approximate surface area is 111 Å². The van der Waals surface area contributed by atoms with Crippen molar-refractivity contribution in [2.24, 2.45) is 5.92 Å². The number of anilines is 1. The van der Waals surface area contributed by atoms with Crippen LogP contribution in [-0.2, 0) is 9.84 Å². The molecule has 2 unspecified atom stereocenters. The van der Waals surface area contributed by atoms with E-state index in [1.807, 2.05) is 0 Å². The van der Waals surface area contributed by atoms with E-state index in [0.717, 1.165) is 6.07 Å². The summed E-state index contributed by atoms with van der Waals surface area (Å²) in [5.74, 6) is -3.59. The van der Waals surface area contributed by atoms with Gasteiger partial charge in [-0.25, -0.2) is 8.42 Å². The first-order valence-electron chi connectivity index (χ1n) is 5.79. The molecule has 19 heavy (non-hydrogen) atoms. The van der Waals surface area contributed by atoms with Gasteiger partial charge in [0.05, 0.1) is 10.6 Å². The Kier molecular flexibility index (Phi) is 5.25. The molecule has 0 bridgehead atoms. The topological polar surface area (TPSA) is 66.4 Å². The molecule has 0 aliphatic heterocycles. The fourth-order valence-electron chi connectivity index (χ4n) is 1.48. The lowest BCUT2D eigenvalue weighted by Crippen LogP contribution is -2.27. The van der Waals surface area contributed by atoms with Gasteiger partial charge in [-0.15, -0.1) is 0 Å². The summed E-state index contributed by atoms with van der Waals surface area (Å²) in [5.41, 5.74) is 0.121. The van der Waals surface area contributed by atoms with Crippen LogP contribution in [0, 0.1) is 5.92 Å². The van der Waals surface area contributed by atoms with E-state index in [-0.39, 0.29) is 24.3 Å². The van der Waals surface area contributed by atoms with E-state index in [9.17, 15) is 17.2 Å². The first-order chi connectivity index (χ1) is 8.80. The van der Waals surface area contributed by atoms with Gasteiger partial charge in [0, 0.05) is 12.6 Å². The molecule has 1 aromatic carbocycles. The molecule has 0 spiro atoms. The Morgan fingerprint density at radius 1 is 1.26 bits per heavy atom.